The van der Waals surface area contributed by atoms with E-state index in [9.17, 15) is 19.8 Å². The zero-order valence-electron chi connectivity index (χ0n) is 18.3. The van der Waals surface area contributed by atoms with Crippen LogP contribution in [0.5, 0.6) is 0 Å². The van der Waals surface area contributed by atoms with Gasteiger partial charge >= 0.3 is 5.97 Å². The van der Waals surface area contributed by atoms with Gasteiger partial charge in [0.2, 0.25) is 0 Å². The third-order valence-corrected chi connectivity index (χ3v) is 9.75. The molecule has 5 heteroatoms. The smallest absolute Gasteiger partial charge is 0.305 e. The number of carbonyl (C=O) groups excluding carboxylic acids is 2. The van der Waals surface area contributed by atoms with Gasteiger partial charge in [-0.2, -0.15) is 0 Å². The molecular weight excluding hydrogens is 368 g/mol. The van der Waals surface area contributed by atoms with E-state index in [0.717, 1.165) is 44.9 Å². The molecule has 0 amide bonds. The molecule has 2 bridgehead atoms. The van der Waals surface area contributed by atoms with Gasteiger partial charge in [-0.1, -0.05) is 13.8 Å². The number of esters is 1. The van der Waals surface area contributed by atoms with E-state index in [1.165, 1.54) is 0 Å². The van der Waals surface area contributed by atoms with E-state index < -0.39 is 11.0 Å². The van der Waals surface area contributed by atoms with Crippen LogP contribution in [-0.2, 0) is 14.3 Å². The van der Waals surface area contributed by atoms with Gasteiger partial charge in [0, 0.05) is 12.8 Å². The second-order valence-electron chi connectivity index (χ2n) is 11.2. The normalized spacial score (nSPS) is 48.7. The van der Waals surface area contributed by atoms with Crippen molar-refractivity contribution in [1.29, 1.82) is 0 Å². The van der Waals surface area contributed by atoms with E-state index in [2.05, 4.69) is 6.92 Å². The number of ether oxygens (including phenoxy) is 1. The third kappa shape index (κ3) is 3.02. The molecule has 0 aromatic carbocycles. The highest BCUT2D eigenvalue weighted by molar-refractivity contribution is 5.86. The number of fused-ring (bicyclic) bond motifs is 3. The molecule has 5 saturated carbocycles. The van der Waals surface area contributed by atoms with Crippen molar-refractivity contribution in [2.24, 2.45) is 34.0 Å². The topological polar surface area (TPSA) is 83.8 Å². The fourth-order valence-corrected chi connectivity index (χ4v) is 8.23. The number of ketones is 1. The van der Waals surface area contributed by atoms with Gasteiger partial charge in [0.1, 0.15) is 12.4 Å². The van der Waals surface area contributed by atoms with Crippen LogP contribution in [-0.4, -0.2) is 40.8 Å². The lowest BCUT2D eigenvalue weighted by atomic mass is 9.35. The quantitative estimate of drug-likeness (QED) is 0.681. The molecule has 5 fully saturated rings. The summed E-state index contributed by atoms with van der Waals surface area (Å²) in [5, 5.41) is 21.0. The zero-order chi connectivity index (χ0) is 21.1. The van der Waals surface area contributed by atoms with Crippen LogP contribution >= 0.6 is 0 Å². The van der Waals surface area contributed by atoms with E-state index in [4.69, 9.17) is 4.74 Å². The lowest BCUT2D eigenvalue weighted by Gasteiger charge is -2.69. The summed E-state index contributed by atoms with van der Waals surface area (Å²) in [5.74, 6) is 0.876. The van der Waals surface area contributed by atoms with Crippen LogP contribution in [0.4, 0.5) is 0 Å². The van der Waals surface area contributed by atoms with Gasteiger partial charge in [0.25, 0.3) is 0 Å². The molecule has 0 aromatic rings. The zero-order valence-corrected chi connectivity index (χ0v) is 18.3. The number of Topliss-reactive ketones (excluding diaryl/α,β-unsaturated/α-hetero) is 1. The minimum Gasteiger partial charge on any atom is -0.465 e. The van der Waals surface area contributed by atoms with Crippen molar-refractivity contribution >= 4 is 11.8 Å². The molecule has 7 atom stereocenters. The van der Waals surface area contributed by atoms with Crippen molar-refractivity contribution in [2.45, 2.75) is 90.6 Å². The Bertz CT molecular complexity index is 691. The second-order valence-corrected chi connectivity index (χ2v) is 11.2. The molecule has 0 heterocycles. The predicted octanol–water partition coefficient (Wildman–Crippen LogP) is 3.65. The van der Waals surface area contributed by atoms with Crippen LogP contribution in [0.1, 0.15) is 85.0 Å². The van der Waals surface area contributed by atoms with Gasteiger partial charge in [-0.05, 0) is 86.9 Å². The summed E-state index contributed by atoms with van der Waals surface area (Å²) >= 11 is 0. The molecule has 0 aromatic heterocycles. The van der Waals surface area contributed by atoms with Crippen LogP contribution in [0.3, 0.4) is 0 Å². The molecule has 0 aliphatic heterocycles. The summed E-state index contributed by atoms with van der Waals surface area (Å²) in [5.41, 5.74) is -1.44. The van der Waals surface area contributed by atoms with Crippen molar-refractivity contribution in [3.05, 3.63) is 0 Å². The molecule has 0 radical (unpaired) electrons. The number of aliphatic hydroxyl groups excluding tert-OH is 1. The fraction of sp³-hybridized carbons (Fsp3) is 0.917. The molecule has 0 unspecified atom stereocenters. The predicted molar refractivity (Wildman–Crippen MR) is 109 cm³/mol. The van der Waals surface area contributed by atoms with Crippen LogP contribution in [0, 0.1) is 34.0 Å². The number of hydrogen-bond acceptors (Lipinski definition) is 5. The fourth-order valence-electron chi connectivity index (χ4n) is 8.23. The molecule has 5 nitrogen and oxygen atoms in total. The Balaban J connectivity index is 1.62. The molecule has 1 spiro atoms. The van der Waals surface area contributed by atoms with Crippen molar-refractivity contribution in [1.82, 2.24) is 0 Å². The van der Waals surface area contributed by atoms with E-state index in [1.54, 1.807) is 0 Å². The standard InChI is InChI=1S/C24H38O5/c1-4-5-20(27)29-15-22(3)17-7-11-23-10-6-16(24(28,13-23)14-25)12-18(23)21(17,2)9-8-19(22)26/h16-18,25,28H,4-15H2,1-3H3/t16-,17-,18-,21+,22-,23+,24+/m0/s1. The maximum absolute atomic E-state index is 13.1. The lowest BCUT2D eigenvalue weighted by molar-refractivity contribution is -0.243. The van der Waals surface area contributed by atoms with Gasteiger partial charge in [0.05, 0.1) is 17.6 Å². The number of hydrogen-bond donors (Lipinski definition) is 2. The van der Waals surface area contributed by atoms with Gasteiger partial charge in [-0.25, -0.2) is 0 Å². The summed E-state index contributed by atoms with van der Waals surface area (Å²) < 4.78 is 5.60. The SMILES string of the molecule is CCCC(=O)OC[C@]1(C)C(=O)CC[C@@]2(C)[C@@H]3C[C@@H]4CC[C@@]3(CC[C@@H]21)C[C@@]4(O)CO. The Morgan fingerprint density at radius 3 is 2.59 bits per heavy atom. The van der Waals surface area contributed by atoms with E-state index in [0.29, 0.717) is 25.2 Å². The van der Waals surface area contributed by atoms with Crippen LogP contribution < -0.4 is 0 Å². The summed E-state index contributed by atoms with van der Waals surface area (Å²) in [7, 11) is 0. The first-order chi connectivity index (χ1) is 13.6. The highest BCUT2D eigenvalue weighted by Gasteiger charge is 2.68. The van der Waals surface area contributed by atoms with Crippen LogP contribution in [0.2, 0.25) is 0 Å². The largest absolute Gasteiger partial charge is 0.465 e. The Hall–Kier alpha value is -0.940. The number of aliphatic hydroxyl groups is 2. The minimum atomic E-state index is -0.929. The summed E-state index contributed by atoms with van der Waals surface area (Å²) in [6.45, 7) is 6.41. The van der Waals surface area contributed by atoms with Crippen molar-refractivity contribution in [3.8, 4) is 0 Å². The van der Waals surface area contributed by atoms with Crippen LogP contribution in [0.25, 0.3) is 0 Å². The van der Waals surface area contributed by atoms with Crippen molar-refractivity contribution < 1.29 is 24.5 Å². The molecule has 29 heavy (non-hydrogen) atoms. The summed E-state index contributed by atoms with van der Waals surface area (Å²) in [6.07, 6.45) is 8.31. The molecule has 5 rings (SSSR count). The molecule has 2 N–H and O–H groups in total. The highest BCUT2D eigenvalue weighted by Crippen LogP contribution is 2.72. The Kier molecular flexibility index (Phi) is 5.18. The van der Waals surface area contributed by atoms with Crippen LogP contribution in [0.15, 0.2) is 0 Å². The first-order valence-corrected chi connectivity index (χ1v) is 11.7. The van der Waals surface area contributed by atoms with Gasteiger partial charge < -0.3 is 14.9 Å². The summed E-state index contributed by atoms with van der Waals surface area (Å²) in [4.78, 5) is 25.1. The molecule has 0 saturated heterocycles. The van der Waals surface area contributed by atoms with E-state index >= 15 is 0 Å². The first-order valence-electron chi connectivity index (χ1n) is 11.7. The molecule has 5 aliphatic rings. The molecule has 164 valence electrons. The lowest BCUT2D eigenvalue weighted by Crippen LogP contribution is -2.67. The highest BCUT2D eigenvalue weighted by atomic mass is 16.5. The Labute approximate surface area is 174 Å². The average molecular weight is 407 g/mol. The second kappa shape index (κ2) is 7.05. The maximum atomic E-state index is 13.1. The third-order valence-electron chi connectivity index (χ3n) is 9.75. The van der Waals surface area contributed by atoms with Gasteiger partial charge in [-0.15, -0.1) is 0 Å². The first kappa shape index (κ1) is 21.3. The van der Waals surface area contributed by atoms with E-state index in [1.807, 2.05) is 13.8 Å². The van der Waals surface area contributed by atoms with Crippen molar-refractivity contribution in [2.75, 3.05) is 13.2 Å². The van der Waals surface area contributed by atoms with E-state index in [-0.39, 0.29) is 47.6 Å². The molecule has 5 aliphatic carbocycles. The maximum Gasteiger partial charge on any atom is 0.305 e. The number of rotatable bonds is 5. The minimum absolute atomic E-state index is 0.0214. The van der Waals surface area contributed by atoms with Gasteiger partial charge in [0.15, 0.2) is 0 Å². The monoisotopic (exact) mass is 406 g/mol. The Morgan fingerprint density at radius 2 is 1.90 bits per heavy atom. The Morgan fingerprint density at radius 1 is 1.17 bits per heavy atom. The van der Waals surface area contributed by atoms with Gasteiger partial charge in [-0.3, -0.25) is 9.59 Å². The van der Waals surface area contributed by atoms with Crippen molar-refractivity contribution in [3.63, 3.8) is 0 Å². The number of carbonyl (C=O) groups is 2. The summed E-state index contributed by atoms with van der Waals surface area (Å²) in [6, 6.07) is 0. The molecular formula is C24H38O5. The average Bonchev–Trinajstić information content (AvgIpc) is 2.70.